The van der Waals surface area contributed by atoms with Crippen molar-refractivity contribution in [1.29, 1.82) is 0 Å². The second kappa shape index (κ2) is 4.84. The lowest BCUT2D eigenvalue weighted by Crippen LogP contribution is -2.15. The SMILES string of the molecule is CC(C)c1cccc(C(F)(F)c2cccnc2)c1. The number of aromatic nitrogens is 1. The lowest BCUT2D eigenvalue weighted by molar-refractivity contribution is 0.0424. The smallest absolute Gasteiger partial charge is 0.264 e. The van der Waals surface area contributed by atoms with Crippen molar-refractivity contribution < 1.29 is 8.78 Å². The molecule has 1 nitrogen and oxygen atoms in total. The van der Waals surface area contributed by atoms with Gasteiger partial charge in [-0.1, -0.05) is 32.0 Å². The third-order valence-electron chi connectivity index (χ3n) is 2.94. The van der Waals surface area contributed by atoms with Crippen LogP contribution in [0.3, 0.4) is 0 Å². The first-order chi connectivity index (χ1) is 8.51. The summed E-state index contributed by atoms with van der Waals surface area (Å²) in [5.41, 5.74) is 0.851. The molecule has 0 unspecified atom stereocenters. The van der Waals surface area contributed by atoms with E-state index in [9.17, 15) is 8.78 Å². The van der Waals surface area contributed by atoms with Crippen LogP contribution in [0, 0.1) is 0 Å². The summed E-state index contributed by atoms with van der Waals surface area (Å²) in [7, 11) is 0. The maximum atomic E-state index is 14.3. The summed E-state index contributed by atoms with van der Waals surface area (Å²) < 4.78 is 28.6. The molecule has 1 heterocycles. The van der Waals surface area contributed by atoms with Gasteiger partial charge < -0.3 is 0 Å². The largest absolute Gasteiger partial charge is 0.299 e. The topological polar surface area (TPSA) is 12.9 Å². The highest BCUT2D eigenvalue weighted by atomic mass is 19.3. The molecule has 94 valence electrons. The Morgan fingerprint density at radius 1 is 1.06 bits per heavy atom. The Bertz CT molecular complexity index is 521. The average molecular weight is 247 g/mol. The number of halogens is 2. The van der Waals surface area contributed by atoms with Crippen molar-refractivity contribution in [2.45, 2.75) is 25.7 Å². The number of nitrogens with zero attached hydrogens (tertiary/aromatic N) is 1. The Morgan fingerprint density at radius 2 is 1.78 bits per heavy atom. The van der Waals surface area contributed by atoms with Gasteiger partial charge in [-0.15, -0.1) is 0 Å². The molecule has 2 aromatic rings. The van der Waals surface area contributed by atoms with Crippen LogP contribution >= 0.6 is 0 Å². The fourth-order valence-electron chi connectivity index (χ4n) is 1.81. The summed E-state index contributed by atoms with van der Waals surface area (Å²) in [5, 5.41) is 0. The number of benzene rings is 1. The highest BCUT2D eigenvalue weighted by Gasteiger charge is 2.34. The van der Waals surface area contributed by atoms with E-state index in [-0.39, 0.29) is 17.0 Å². The molecule has 0 spiro atoms. The number of hydrogen-bond donors (Lipinski definition) is 0. The molecule has 0 saturated carbocycles. The predicted octanol–water partition coefficient (Wildman–Crippen LogP) is 4.35. The third-order valence-corrected chi connectivity index (χ3v) is 2.94. The van der Waals surface area contributed by atoms with E-state index < -0.39 is 5.92 Å². The quantitative estimate of drug-likeness (QED) is 0.786. The number of hydrogen-bond acceptors (Lipinski definition) is 1. The van der Waals surface area contributed by atoms with Gasteiger partial charge in [-0.3, -0.25) is 4.98 Å². The van der Waals surface area contributed by atoms with E-state index in [1.165, 1.54) is 30.6 Å². The van der Waals surface area contributed by atoms with Crippen molar-refractivity contribution >= 4 is 0 Å². The Balaban J connectivity index is 2.44. The lowest BCUT2D eigenvalue weighted by atomic mass is 9.96. The van der Waals surface area contributed by atoms with Gasteiger partial charge in [0.1, 0.15) is 0 Å². The van der Waals surface area contributed by atoms with Crippen molar-refractivity contribution in [3.8, 4) is 0 Å². The zero-order valence-electron chi connectivity index (χ0n) is 10.4. The molecule has 2 rings (SSSR count). The van der Waals surface area contributed by atoms with Gasteiger partial charge in [0.2, 0.25) is 0 Å². The van der Waals surface area contributed by atoms with Crippen LogP contribution in [-0.2, 0) is 5.92 Å². The standard InChI is InChI=1S/C15H15F2N/c1-11(2)12-5-3-6-13(9-12)15(16,17)14-7-4-8-18-10-14/h3-11H,1-2H3. The maximum absolute atomic E-state index is 14.3. The summed E-state index contributed by atoms with van der Waals surface area (Å²) >= 11 is 0. The van der Waals surface area contributed by atoms with E-state index in [1.807, 2.05) is 19.9 Å². The van der Waals surface area contributed by atoms with Crippen LogP contribution < -0.4 is 0 Å². The van der Waals surface area contributed by atoms with Gasteiger partial charge in [-0.2, -0.15) is 8.78 Å². The van der Waals surface area contributed by atoms with Crippen LogP contribution in [0.4, 0.5) is 8.78 Å². The van der Waals surface area contributed by atoms with Crippen molar-refractivity contribution in [3.63, 3.8) is 0 Å². The van der Waals surface area contributed by atoms with Crippen LogP contribution in [0.1, 0.15) is 36.5 Å². The fourth-order valence-corrected chi connectivity index (χ4v) is 1.81. The molecular formula is C15H15F2N. The van der Waals surface area contributed by atoms with Crippen molar-refractivity contribution in [1.82, 2.24) is 4.98 Å². The van der Waals surface area contributed by atoms with Crippen LogP contribution in [0.5, 0.6) is 0 Å². The molecule has 1 aromatic carbocycles. The summed E-state index contributed by atoms with van der Waals surface area (Å²) in [6.45, 7) is 3.97. The maximum Gasteiger partial charge on any atom is 0.299 e. The van der Waals surface area contributed by atoms with E-state index >= 15 is 0 Å². The highest BCUT2D eigenvalue weighted by Crippen LogP contribution is 2.36. The second-order valence-electron chi connectivity index (χ2n) is 4.60. The first-order valence-electron chi connectivity index (χ1n) is 5.90. The van der Waals surface area contributed by atoms with Crippen LogP contribution in [0.25, 0.3) is 0 Å². The van der Waals surface area contributed by atoms with Crippen LogP contribution in [0.15, 0.2) is 48.8 Å². The molecule has 0 saturated heterocycles. The molecule has 1 aromatic heterocycles. The molecule has 0 radical (unpaired) electrons. The Kier molecular flexibility index (Phi) is 3.41. The summed E-state index contributed by atoms with van der Waals surface area (Å²) in [5.74, 6) is -2.77. The molecule has 0 aliphatic rings. The van der Waals surface area contributed by atoms with E-state index in [1.54, 1.807) is 12.1 Å². The van der Waals surface area contributed by atoms with E-state index in [0.29, 0.717) is 0 Å². The third kappa shape index (κ3) is 2.40. The van der Waals surface area contributed by atoms with Gasteiger partial charge in [0, 0.05) is 23.5 Å². The molecule has 0 amide bonds. The molecule has 0 N–H and O–H groups in total. The molecule has 3 heteroatoms. The minimum Gasteiger partial charge on any atom is -0.264 e. The van der Waals surface area contributed by atoms with Gasteiger partial charge in [-0.05, 0) is 29.7 Å². The highest BCUT2D eigenvalue weighted by molar-refractivity contribution is 5.35. The van der Waals surface area contributed by atoms with Crippen molar-refractivity contribution in [3.05, 3.63) is 65.5 Å². The minimum absolute atomic E-state index is 0.0155. The summed E-state index contributed by atoms with van der Waals surface area (Å²) in [6.07, 6.45) is 2.70. The molecule has 0 aliphatic heterocycles. The fraction of sp³-hybridized carbons (Fsp3) is 0.267. The number of pyridine rings is 1. The van der Waals surface area contributed by atoms with Gasteiger partial charge in [0.25, 0.3) is 5.92 Å². The first-order valence-corrected chi connectivity index (χ1v) is 5.90. The van der Waals surface area contributed by atoms with Gasteiger partial charge >= 0.3 is 0 Å². The molecule has 0 aliphatic carbocycles. The second-order valence-corrected chi connectivity index (χ2v) is 4.60. The number of alkyl halides is 2. The number of rotatable bonds is 3. The summed E-state index contributed by atoms with van der Waals surface area (Å²) in [6, 6.07) is 9.49. The van der Waals surface area contributed by atoms with Crippen LogP contribution in [-0.4, -0.2) is 4.98 Å². The molecule has 0 fully saturated rings. The zero-order valence-corrected chi connectivity index (χ0v) is 10.4. The van der Waals surface area contributed by atoms with Gasteiger partial charge in [0.15, 0.2) is 0 Å². The van der Waals surface area contributed by atoms with E-state index in [4.69, 9.17) is 0 Å². The van der Waals surface area contributed by atoms with Gasteiger partial charge in [0.05, 0.1) is 0 Å². The van der Waals surface area contributed by atoms with Crippen molar-refractivity contribution in [2.24, 2.45) is 0 Å². The van der Waals surface area contributed by atoms with E-state index in [2.05, 4.69) is 4.98 Å². The van der Waals surface area contributed by atoms with Crippen molar-refractivity contribution in [2.75, 3.05) is 0 Å². The molecular weight excluding hydrogens is 232 g/mol. The monoisotopic (exact) mass is 247 g/mol. The first kappa shape index (κ1) is 12.7. The average Bonchev–Trinajstić information content (AvgIpc) is 2.40. The Morgan fingerprint density at radius 3 is 2.39 bits per heavy atom. The normalized spacial score (nSPS) is 11.8. The minimum atomic E-state index is -3.00. The Labute approximate surface area is 105 Å². The van der Waals surface area contributed by atoms with Crippen LogP contribution in [0.2, 0.25) is 0 Å². The predicted molar refractivity (Wildman–Crippen MR) is 67.8 cm³/mol. The molecule has 0 bridgehead atoms. The van der Waals surface area contributed by atoms with Gasteiger partial charge in [-0.25, -0.2) is 0 Å². The molecule has 0 atom stereocenters. The van der Waals surface area contributed by atoms with E-state index in [0.717, 1.165) is 5.56 Å². The molecule has 18 heavy (non-hydrogen) atoms. The Hall–Kier alpha value is -1.77. The summed E-state index contributed by atoms with van der Waals surface area (Å²) in [4.78, 5) is 3.75. The lowest BCUT2D eigenvalue weighted by Gasteiger charge is -2.18. The zero-order chi connectivity index (χ0) is 13.2.